The number of amides is 1. The fraction of sp³-hybridized carbons (Fsp3) is 0.167. The van der Waals surface area contributed by atoms with Crippen molar-refractivity contribution in [3.05, 3.63) is 108 Å². The fourth-order valence-electron chi connectivity index (χ4n) is 3.73. The number of halogens is 1. The van der Waals surface area contributed by atoms with Crippen molar-refractivity contribution in [2.75, 3.05) is 20.3 Å². The number of methoxy groups -OCH3 is 1. The average molecular weight is 511 g/mol. The van der Waals surface area contributed by atoms with Gasteiger partial charge in [0.05, 0.1) is 5.69 Å². The number of hydrogen-bond donors (Lipinski definition) is 1. The summed E-state index contributed by atoms with van der Waals surface area (Å²) >= 11 is 0. The molecule has 0 aliphatic heterocycles. The molecule has 3 aromatic carbocycles. The Kier molecular flexibility index (Phi) is 9.00. The second-order valence-electron chi connectivity index (χ2n) is 8.43. The van der Waals surface area contributed by atoms with E-state index in [1.807, 2.05) is 60.7 Å². The number of ether oxygens (including phenoxy) is 2. The summed E-state index contributed by atoms with van der Waals surface area (Å²) in [7, 11) is 1.59. The minimum atomic E-state index is -0.460. The van der Waals surface area contributed by atoms with Gasteiger partial charge in [0.15, 0.2) is 0 Å². The molecule has 8 heteroatoms. The second-order valence-corrected chi connectivity index (χ2v) is 8.43. The number of carbonyl (C=O) groups excluding carboxylic acids is 1. The van der Waals surface area contributed by atoms with Crippen LogP contribution >= 0.6 is 0 Å². The normalized spacial score (nSPS) is 11.1. The summed E-state index contributed by atoms with van der Waals surface area (Å²) in [5.41, 5.74) is 3.58. The molecule has 1 N–H and O–H groups in total. The highest BCUT2D eigenvalue weighted by molar-refractivity contribution is 6.02. The maximum atomic E-state index is 13.2. The summed E-state index contributed by atoms with van der Waals surface area (Å²) in [6, 6.07) is 25.1. The Labute approximate surface area is 220 Å². The molecule has 0 bridgehead atoms. The molecule has 0 radical (unpaired) electrons. The average Bonchev–Trinajstić information content (AvgIpc) is 3.38. The Morgan fingerprint density at radius 3 is 2.63 bits per heavy atom. The highest BCUT2D eigenvalue weighted by atomic mass is 19.1. The molecular weight excluding hydrogens is 483 g/mol. The van der Waals surface area contributed by atoms with Crippen molar-refractivity contribution in [2.24, 2.45) is 0 Å². The third-order valence-corrected chi connectivity index (χ3v) is 5.67. The summed E-state index contributed by atoms with van der Waals surface area (Å²) in [6.45, 7) is 1.19. The van der Waals surface area contributed by atoms with Crippen LogP contribution in [0.15, 0.2) is 90.6 Å². The number of para-hydroxylation sites is 1. The molecule has 0 spiro atoms. The first-order valence-electron chi connectivity index (χ1n) is 12.1. The lowest BCUT2D eigenvalue weighted by atomic mass is 10.1. The lowest BCUT2D eigenvalue weighted by Crippen LogP contribution is -2.26. The number of nitrogens with zero attached hydrogens (tertiary/aromatic N) is 3. The molecule has 4 aromatic rings. The summed E-state index contributed by atoms with van der Waals surface area (Å²) in [6.07, 6.45) is 3.97. The van der Waals surface area contributed by atoms with E-state index in [0.29, 0.717) is 36.6 Å². The van der Waals surface area contributed by atoms with Crippen LogP contribution in [0.3, 0.4) is 0 Å². The van der Waals surface area contributed by atoms with Gasteiger partial charge in [0, 0.05) is 37.6 Å². The second kappa shape index (κ2) is 13.0. The maximum Gasteiger partial charge on any atom is 0.261 e. The molecule has 4 rings (SSSR count). The van der Waals surface area contributed by atoms with Crippen molar-refractivity contribution in [1.82, 2.24) is 15.1 Å². The van der Waals surface area contributed by atoms with Gasteiger partial charge in [0.2, 0.25) is 0 Å². The quantitative estimate of drug-likeness (QED) is 0.168. The van der Waals surface area contributed by atoms with Gasteiger partial charge in [-0.25, -0.2) is 9.07 Å². The van der Waals surface area contributed by atoms with Crippen molar-refractivity contribution in [1.29, 1.82) is 5.26 Å². The van der Waals surface area contributed by atoms with Gasteiger partial charge in [0.25, 0.3) is 5.91 Å². The van der Waals surface area contributed by atoms with E-state index in [0.717, 1.165) is 16.8 Å². The van der Waals surface area contributed by atoms with E-state index in [1.54, 1.807) is 36.2 Å². The fourth-order valence-corrected chi connectivity index (χ4v) is 3.73. The monoisotopic (exact) mass is 510 g/mol. The Bertz CT molecular complexity index is 1440. The van der Waals surface area contributed by atoms with Gasteiger partial charge in [-0.15, -0.1) is 0 Å². The number of nitrogens with one attached hydrogen (secondary N) is 1. The summed E-state index contributed by atoms with van der Waals surface area (Å²) in [5, 5.41) is 17.2. The molecule has 7 nitrogen and oxygen atoms in total. The van der Waals surface area contributed by atoms with Crippen LogP contribution in [0, 0.1) is 17.1 Å². The Hall–Kier alpha value is -4.74. The molecule has 0 unspecified atom stereocenters. The molecule has 192 valence electrons. The van der Waals surface area contributed by atoms with Crippen LogP contribution < -0.4 is 10.1 Å². The van der Waals surface area contributed by atoms with Gasteiger partial charge >= 0.3 is 0 Å². The van der Waals surface area contributed by atoms with Gasteiger partial charge in [-0.3, -0.25) is 4.79 Å². The van der Waals surface area contributed by atoms with E-state index >= 15 is 0 Å². The van der Waals surface area contributed by atoms with Crippen LogP contribution in [0.2, 0.25) is 0 Å². The first-order valence-corrected chi connectivity index (χ1v) is 12.1. The van der Waals surface area contributed by atoms with E-state index in [4.69, 9.17) is 14.6 Å². The third-order valence-electron chi connectivity index (χ3n) is 5.67. The predicted molar refractivity (Wildman–Crippen MR) is 143 cm³/mol. The van der Waals surface area contributed by atoms with Crippen molar-refractivity contribution in [3.63, 3.8) is 0 Å². The Morgan fingerprint density at radius 1 is 1.11 bits per heavy atom. The van der Waals surface area contributed by atoms with E-state index in [1.165, 1.54) is 12.1 Å². The van der Waals surface area contributed by atoms with Crippen LogP contribution in [0.4, 0.5) is 4.39 Å². The van der Waals surface area contributed by atoms with Crippen molar-refractivity contribution < 1.29 is 18.7 Å². The lowest BCUT2D eigenvalue weighted by molar-refractivity contribution is -0.117. The topological polar surface area (TPSA) is 89.2 Å². The van der Waals surface area contributed by atoms with Gasteiger partial charge < -0.3 is 14.8 Å². The van der Waals surface area contributed by atoms with Gasteiger partial charge in [0.1, 0.15) is 35.5 Å². The number of aromatic nitrogens is 2. The molecule has 1 aromatic heterocycles. The summed E-state index contributed by atoms with van der Waals surface area (Å²) in [5.74, 6) is -0.156. The number of hydrogen-bond acceptors (Lipinski definition) is 5. The number of carbonyl (C=O) groups is 1. The molecule has 0 fully saturated rings. The highest BCUT2D eigenvalue weighted by Crippen LogP contribution is 2.29. The zero-order chi connectivity index (χ0) is 26.7. The van der Waals surface area contributed by atoms with E-state index < -0.39 is 5.91 Å². The van der Waals surface area contributed by atoms with Crippen LogP contribution in [-0.2, 0) is 16.1 Å². The van der Waals surface area contributed by atoms with E-state index in [2.05, 4.69) is 5.32 Å². The molecule has 0 atom stereocenters. The molecule has 0 saturated carbocycles. The van der Waals surface area contributed by atoms with Gasteiger partial charge in [-0.2, -0.15) is 10.4 Å². The third kappa shape index (κ3) is 6.93. The minimum Gasteiger partial charge on any atom is -0.489 e. The standard InChI is InChI=1S/C30H27FN4O3/c1-37-16-6-15-33-30(36)24(19-32)17-25-20-35(27-8-3-2-4-9-27)34-29(25)23-7-5-10-28(18-23)38-21-22-11-13-26(31)14-12-22/h2-5,7-14,17-18,20H,6,15-16,21H2,1H3,(H,33,36). The van der Waals surface area contributed by atoms with Crippen molar-refractivity contribution in [2.45, 2.75) is 13.0 Å². The highest BCUT2D eigenvalue weighted by Gasteiger charge is 2.15. The summed E-state index contributed by atoms with van der Waals surface area (Å²) in [4.78, 5) is 12.6. The predicted octanol–water partition coefficient (Wildman–Crippen LogP) is 5.32. The lowest BCUT2D eigenvalue weighted by Gasteiger charge is -2.08. The SMILES string of the molecule is COCCCNC(=O)C(C#N)=Cc1cn(-c2ccccc2)nc1-c1cccc(OCc2ccc(F)cc2)c1. The molecule has 0 saturated heterocycles. The van der Waals surface area contributed by atoms with Crippen molar-refractivity contribution >= 4 is 12.0 Å². The van der Waals surface area contributed by atoms with Crippen molar-refractivity contribution in [3.8, 4) is 28.8 Å². The maximum absolute atomic E-state index is 13.2. The van der Waals surface area contributed by atoms with E-state index in [9.17, 15) is 14.4 Å². The molecule has 38 heavy (non-hydrogen) atoms. The number of benzene rings is 3. The Balaban J connectivity index is 1.64. The Morgan fingerprint density at radius 2 is 1.89 bits per heavy atom. The zero-order valence-corrected chi connectivity index (χ0v) is 20.9. The van der Waals surface area contributed by atoms with Crippen LogP contribution in [0.1, 0.15) is 17.5 Å². The molecule has 0 aliphatic rings. The van der Waals surface area contributed by atoms with Gasteiger partial charge in [-0.05, 0) is 54.5 Å². The molecule has 1 amide bonds. The van der Waals surface area contributed by atoms with Crippen LogP contribution in [-0.4, -0.2) is 35.9 Å². The molecule has 1 heterocycles. The van der Waals surface area contributed by atoms with Crippen LogP contribution in [0.5, 0.6) is 5.75 Å². The first-order chi connectivity index (χ1) is 18.6. The van der Waals surface area contributed by atoms with Crippen LogP contribution in [0.25, 0.3) is 23.0 Å². The zero-order valence-electron chi connectivity index (χ0n) is 20.9. The van der Waals surface area contributed by atoms with Gasteiger partial charge in [-0.1, -0.05) is 42.5 Å². The molecular formula is C30H27FN4O3. The minimum absolute atomic E-state index is 0.0278. The largest absolute Gasteiger partial charge is 0.489 e. The number of rotatable bonds is 11. The first kappa shape index (κ1) is 26.3. The number of nitriles is 1. The van der Waals surface area contributed by atoms with E-state index in [-0.39, 0.29) is 18.0 Å². The summed E-state index contributed by atoms with van der Waals surface area (Å²) < 4.78 is 25.8. The molecule has 0 aliphatic carbocycles. The smallest absolute Gasteiger partial charge is 0.261 e.